The van der Waals surface area contributed by atoms with Crippen LogP contribution in [0.4, 0.5) is 5.69 Å². The molecule has 24 heavy (non-hydrogen) atoms. The summed E-state index contributed by atoms with van der Waals surface area (Å²) in [5.74, 6) is 0.648. The van der Waals surface area contributed by atoms with Crippen LogP contribution in [-0.4, -0.2) is 32.8 Å². The molecule has 7 heteroatoms. The Kier molecular flexibility index (Phi) is 7.69. The lowest BCUT2D eigenvalue weighted by Gasteiger charge is -2.26. The monoisotopic (exact) mass is 357 g/mol. The highest BCUT2D eigenvalue weighted by Crippen LogP contribution is 2.23. The van der Waals surface area contributed by atoms with Crippen LogP contribution in [0.2, 0.25) is 0 Å². The summed E-state index contributed by atoms with van der Waals surface area (Å²) in [5, 5.41) is 2.84. The molecule has 6 nitrogen and oxygen atoms in total. The largest absolute Gasteiger partial charge is 0.488 e. The second-order valence-corrected chi connectivity index (χ2v) is 7.96. The van der Waals surface area contributed by atoms with E-state index < -0.39 is 15.7 Å². The molecule has 0 spiro atoms. The highest BCUT2D eigenvalue weighted by atomic mass is 32.2. The Hall–Kier alpha value is -1.60. The van der Waals surface area contributed by atoms with E-state index in [9.17, 15) is 13.2 Å². The zero-order chi connectivity index (χ0) is 18.2. The summed E-state index contributed by atoms with van der Waals surface area (Å²) in [6, 6.07) is 7.10. The summed E-state index contributed by atoms with van der Waals surface area (Å²) < 4.78 is 32.5. The van der Waals surface area contributed by atoms with E-state index in [0.29, 0.717) is 18.6 Å². The fourth-order valence-corrected chi connectivity index (χ4v) is 2.36. The molecule has 1 N–H and O–H groups in total. The van der Waals surface area contributed by atoms with Gasteiger partial charge in [-0.2, -0.15) is 8.42 Å². The van der Waals surface area contributed by atoms with Gasteiger partial charge in [0.2, 0.25) is 5.91 Å². The number of carbonyl (C=O) groups is 1. The maximum atomic E-state index is 11.7. The highest BCUT2D eigenvalue weighted by molar-refractivity contribution is 7.85. The summed E-state index contributed by atoms with van der Waals surface area (Å²) in [5.41, 5.74) is 0.151. The smallest absolute Gasteiger partial charge is 0.264 e. The van der Waals surface area contributed by atoms with Gasteiger partial charge in [-0.15, -0.1) is 0 Å². The van der Waals surface area contributed by atoms with Crippen molar-refractivity contribution < 1.29 is 22.1 Å². The average molecular weight is 357 g/mol. The number of hydrogen-bond donors (Lipinski definition) is 1. The Bertz CT molecular complexity index is 623. The quantitative estimate of drug-likeness (QED) is 0.650. The molecule has 0 aromatic heterocycles. The predicted octanol–water partition coefficient (Wildman–Crippen LogP) is 3.34. The standard InChI is InChI=1S/C17H27NO5S/c1-5-6-7-16(19)18-14-8-10-15(11-9-14)23-17(2,3)12-13-22-24(4,20)21/h8-11H,5-7,12-13H2,1-4H3,(H,18,19). The molecule has 1 aromatic rings. The van der Waals surface area contributed by atoms with E-state index in [0.717, 1.165) is 24.8 Å². The van der Waals surface area contributed by atoms with Crippen molar-refractivity contribution in [1.82, 2.24) is 0 Å². The number of carbonyl (C=O) groups excluding carboxylic acids is 1. The summed E-state index contributed by atoms with van der Waals surface area (Å²) >= 11 is 0. The molecule has 0 bridgehead atoms. The second kappa shape index (κ2) is 9.03. The van der Waals surface area contributed by atoms with Crippen LogP contribution >= 0.6 is 0 Å². The molecular formula is C17H27NO5S. The van der Waals surface area contributed by atoms with Gasteiger partial charge in [-0.3, -0.25) is 8.98 Å². The molecular weight excluding hydrogens is 330 g/mol. The van der Waals surface area contributed by atoms with Crippen LogP contribution in [0.3, 0.4) is 0 Å². The Morgan fingerprint density at radius 3 is 2.38 bits per heavy atom. The Labute approximate surface area is 144 Å². The summed E-state index contributed by atoms with van der Waals surface area (Å²) in [6.07, 6.45) is 3.82. The number of nitrogens with one attached hydrogen (secondary N) is 1. The van der Waals surface area contributed by atoms with E-state index in [1.54, 1.807) is 24.3 Å². The number of rotatable bonds is 10. The van der Waals surface area contributed by atoms with Crippen molar-refractivity contribution in [2.24, 2.45) is 0 Å². The minimum absolute atomic E-state index is 0.00349. The second-order valence-electron chi connectivity index (χ2n) is 6.31. The molecule has 0 atom stereocenters. The number of hydrogen-bond acceptors (Lipinski definition) is 5. The van der Waals surface area contributed by atoms with Crippen LogP contribution in [0.15, 0.2) is 24.3 Å². The number of unbranched alkanes of at least 4 members (excludes halogenated alkanes) is 1. The lowest BCUT2D eigenvalue weighted by Crippen LogP contribution is -2.30. The third-order valence-corrected chi connectivity index (χ3v) is 3.89. The van der Waals surface area contributed by atoms with Gasteiger partial charge in [-0.05, 0) is 44.5 Å². The lowest BCUT2D eigenvalue weighted by molar-refractivity contribution is -0.116. The van der Waals surface area contributed by atoms with Crippen LogP contribution in [0.1, 0.15) is 46.5 Å². The number of amides is 1. The summed E-state index contributed by atoms with van der Waals surface area (Å²) in [6.45, 7) is 5.83. The Morgan fingerprint density at radius 2 is 1.83 bits per heavy atom. The fourth-order valence-electron chi connectivity index (χ4n) is 1.98. The first-order chi connectivity index (χ1) is 11.1. The van der Waals surface area contributed by atoms with Gasteiger partial charge in [-0.1, -0.05) is 13.3 Å². The van der Waals surface area contributed by atoms with Crippen molar-refractivity contribution in [1.29, 1.82) is 0 Å². The van der Waals surface area contributed by atoms with E-state index in [1.165, 1.54) is 0 Å². The highest BCUT2D eigenvalue weighted by Gasteiger charge is 2.20. The molecule has 0 saturated heterocycles. The van der Waals surface area contributed by atoms with Crippen molar-refractivity contribution in [3.8, 4) is 5.75 Å². The van der Waals surface area contributed by atoms with Crippen molar-refractivity contribution in [2.75, 3.05) is 18.2 Å². The number of anilines is 1. The Balaban J connectivity index is 2.51. The van der Waals surface area contributed by atoms with Gasteiger partial charge in [0.1, 0.15) is 11.4 Å². The first-order valence-corrected chi connectivity index (χ1v) is 9.86. The zero-order valence-electron chi connectivity index (χ0n) is 14.8. The summed E-state index contributed by atoms with van der Waals surface area (Å²) in [4.78, 5) is 11.7. The molecule has 1 rings (SSSR count). The van der Waals surface area contributed by atoms with E-state index in [-0.39, 0.29) is 12.5 Å². The van der Waals surface area contributed by atoms with E-state index in [1.807, 2.05) is 20.8 Å². The van der Waals surface area contributed by atoms with E-state index in [2.05, 4.69) is 5.32 Å². The predicted molar refractivity (Wildman–Crippen MR) is 94.7 cm³/mol. The molecule has 1 aromatic carbocycles. The van der Waals surface area contributed by atoms with Gasteiger partial charge in [0.15, 0.2) is 0 Å². The molecule has 0 aliphatic carbocycles. The van der Waals surface area contributed by atoms with Gasteiger partial charge < -0.3 is 10.1 Å². The molecule has 0 fully saturated rings. The molecule has 136 valence electrons. The summed E-state index contributed by atoms with van der Waals surface area (Å²) in [7, 11) is -3.44. The topological polar surface area (TPSA) is 81.7 Å². The Morgan fingerprint density at radius 1 is 1.21 bits per heavy atom. The minimum Gasteiger partial charge on any atom is -0.488 e. The van der Waals surface area contributed by atoms with Gasteiger partial charge >= 0.3 is 0 Å². The van der Waals surface area contributed by atoms with Gasteiger partial charge in [0.25, 0.3) is 10.1 Å². The van der Waals surface area contributed by atoms with Crippen LogP contribution < -0.4 is 10.1 Å². The number of ether oxygens (including phenoxy) is 1. The molecule has 0 heterocycles. The molecule has 1 amide bonds. The van der Waals surface area contributed by atoms with Crippen molar-refractivity contribution in [2.45, 2.75) is 52.1 Å². The van der Waals surface area contributed by atoms with Gasteiger partial charge in [-0.25, -0.2) is 0 Å². The SMILES string of the molecule is CCCCC(=O)Nc1ccc(OC(C)(C)CCOS(C)(=O)=O)cc1. The normalized spacial score (nSPS) is 12.0. The van der Waals surface area contributed by atoms with Crippen LogP contribution in [0.25, 0.3) is 0 Å². The molecule has 0 aliphatic heterocycles. The average Bonchev–Trinajstić information content (AvgIpc) is 2.45. The van der Waals surface area contributed by atoms with Gasteiger partial charge in [0.05, 0.1) is 12.9 Å². The van der Waals surface area contributed by atoms with E-state index >= 15 is 0 Å². The van der Waals surface area contributed by atoms with E-state index in [4.69, 9.17) is 8.92 Å². The zero-order valence-corrected chi connectivity index (χ0v) is 15.6. The van der Waals surface area contributed by atoms with Crippen molar-refractivity contribution in [3.63, 3.8) is 0 Å². The fraction of sp³-hybridized carbons (Fsp3) is 0.588. The minimum atomic E-state index is -3.44. The first kappa shape index (κ1) is 20.4. The third-order valence-electron chi connectivity index (χ3n) is 3.29. The van der Waals surface area contributed by atoms with Gasteiger partial charge in [0, 0.05) is 18.5 Å². The maximum Gasteiger partial charge on any atom is 0.264 e. The molecule has 0 saturated carbocycles. The molecule has 0 aliphatic rings. The maximum absolute atomic E-state index is 11.7. The molecule has 0 radical (unpaired) electrons. The van der Waals surface area contributed by atoms with Crippen molar-refractivity contribution >= 4 is 21.7 Å². The van der Waals surface area contributed by atoms with Crippen molar-refractivity contribution in [3.05, 3.63) is 24.3 Å². The lowest BCUT2D eigenvalue weighted by atomic mass is 10.1. The molecule has 0 unspecified atom stereocenters. The first-order valence-electron chi connectivity index (χ1n) is 8.04. The van der Waals surface area contributed by atoms with Crippen LogP contribution in [-0.2, 0) is 19.1 Å². The third kappa shape index (κ3) is 8.88. The van der Waals surface area contributed by atoms with Crippen LogP contribution in [0.5, 0.6) is 5.75 Å². The number of benzene rings is 1. The van der Waals surface area contributed by atoms with Crippen LogP contribution in [0, 0.1) is 0 Å².